The van der Waals surface area contributed by atoms with E-state index in [9.17, 15) is 22.8 Å². The van der Waals surface area contributed by atoms with E-state index in [-0.39, 0.29) is 29.6 Å². The van der Waals surface area contributed by atoms with Gasteiger partial charge in [0.25, 0.3) is 5.91 Å². The van der Waals surface area contributed by atoms with Crippen molar-refractivity contribution in [2.45, 2.75) is 71.1 Å². The number of rotatable bonds is 10. The number of hydrogen-bond acceptors (Lipinski definition) is 7. The van der Waals surface area contributed by atoms with Gasteiger partial charge in [-0.25, -0.2) is 4.98 Å². The number of aromatic nitrogens is 2. The zero-order valence-corrected chi connectivity index (χ0v) is 22.1. The quantitative estimate of drug-likeness (QED) is 0.393. The molecule has 0 unspecified atom stereocenters. The molecule has 0 bridgehead atoms. The molecule has 3 N–H and O–H groups in total. The lowest BCUT2D eigenvalue weighted by Gasteiger charge is -2.40. The highest BCUT2D eigenvalue weighted by Gasteiger charge is 2.38. The number of anilines is 3. The minimum Gasteiger partial charge on any atom is -0.495 e. The van der Waals surface area contributed by atoms with Crippen molar-refractivity contribution in [1.29, 1.82) is 0 Å². The Balaban J connectivity index is 1.93. The van der Waals surface area contributed by atoms with Gasteiger partial charge in [0.2, 0.25) is 11.9 Å². The zero-order valence-electron chi connectivity index (χ0n) is 22.1. The Morgan fingerprint density at radius 1 is 1.18 bits per heavy atom. The number of alkyl halides is 3. The van der Waals surface area contributed by atoms with E-state index >= 15 is 0 Å². The highest BCUT2D eigenvalue weighted by atomic mass is 19.4. The first-order valence-corrected chi connectivity index (χ1v) is 12.8. The van der Waals surface area contributed by atoms with Crippen molar-refractivity contribution in [3.8, 4) is 5.75 Å². The Morgan fingerprint density at radius 3 is 2.55 bits per heavy atom. The molecule has 208 valence electrons. The number of nitrogens with one attached hydrogen (secondary N) is 3. The van der Waals surface area contributed by atoms with Crippen LogP contribution in [0.1, 0.15) is 68.8 Å². The molecule has 2 amide bonds. The summed E-state index contributed by atoms with van der Waals surface area (Å²) in [5.74, 6) is -0.511. The third-order valence-corrected chi connectivity index (χ3v) is 6.46. The van der Waals surface area contributed by atoms with Crippen LogP contribution < -0.4 is 20.7 Å². The average molecular weight is 537 g/mol. The van der Waals surface area contributed by atoms with Gasteiger partial charge in [-0.05, 0) is 44.4 Å². The highest BCUT2D eigenvalue weighted by Crippen LogP contribution is 2.36. The highest BCUT2D eigenvalue weighted by molar-refractivity contribution is 5.95. The Kier molecular flexibility index (Phi) is 9.76. The number of halogens is 3. The number of nitrogens with zero attached hydrogens (tertiary/aromatic N) is 3. The van der Waals surface area contributed by atoms with Crippen molar-refractivity contribution in [2.24, 2.45) is 0 Å². The van der Waals surface area contributed by atoms with E-state index in [0.29, 0.717) is 42.9 Å². The Morgan fingerprint density at radius 2 is 1.92 bits per heavy atom. The summed E-state index contributed by atoms with van der Waals surface area (Å²) >= 11 is 0. The molecular formula is C26H35F3N6O3. The lowest BCUT2D eigenvalue weighted by Crippen LogP contribution is -2.51. The molecule has 1 aromatic carbocycles. The van der Waals surface area contributed by atoms with Crippen LogP contribution >= 0.6 is 0 Å². The van der Waals surface area contributed by atoms with Crippen molar-refractivity contribution in [3.63, 3.8) is 0 Å². The number of ether oxygens (including phenoxy) is 1. The predicted octanol–water partition coefficient (Wildman–Crippen LogP) is 4.98. The number of carbonyl (C=O) groups is 2. The summed E-state index contributed by atoms with van der Waals surface area (Å²) in [4.78, 5) is 34.3. The van der Waals surface area contributed by atoms with Crippen LogP contribution in [0.5, 0.6) is 5.75 Å². The molecule has 9 nitrogen and oxygen atoms in total. The van der Waals surface area contributed by atoms with Gasteiger partial charge in [0.05, 0.1) is 18.8 Å². The second kappa shape index (κ2) is 12.8. The Bertz CT molecular complexity index is 1130. The van der Waals surface area contributed by atoms with E-state index in [1.165, 1.54) is 20.1 Å². The molecule has 1 aromatic heterocycles. The van der Waals surface area contributed by atoms with E-state index in [0.717, 1.165) is 25.5 Å². The summed E-state index contributed by atoms with van der Waals surface area (Å²) in [7, 11) is 1.42. The fourth-order valence-corrected chi connectivity index (χ4v) is 4.70. The fraction of sp³-hybridized carbons (Fsp3) is 0.538. The maximum atomic E-state index is 13.9. The molecule has 3 rings (SSSR count). The van der Waals surface area contributed by atoms with E-state index in [4.69, 9.17) is 4.74 Å². The van der Waals surface area contributed by atoms with Gasteiger partial charge in [-0.1, -0.05) is 19.8 Å². The molecule has 1 heterocycles. The van der Waals surface area contributed by atoms with Crippen LogP contribution in [0.15, 0.2) is 24.4 Å². The summed E-state index contributed by atoms with van der Waals surface area (Å²) in [5.41, 5.74) is -0.237. The largest absolute Gasteiger partial charge is 0.495 e. The van der Waals surface area contributed by atoms with Crippen LogP contribution in [0.4, 0.5) is 30.6 Å². The first kappa shape index (κ1) is 29.0. The van der Waals surface area contributed by atoms with E-state index in [1.807, 2.05) is 6.92 Å². The summed E-state index contributed by atoms with van der Waals surface area (Å²) in [6.07, 6.45) is -0.162. The molecule has 0 spiro atoms. The van der Waals surface area contributed by atoms with Crippen LogP contribution in [-0.2, 0) is 11.0 Å². The van der Waals surface area contributed by atoms with Gasteiger partial charge in [0.15, 0.2) is 0 Å². The normalized spacial score (nSPS) is 17.4. The van der Waals surface area contributed by atoms with Gasteiger partial charge >= 0.3 is 6.18 Å². The van der Waals surface area contributed by atoms with Crippen LogP contribution in [0.25, 0.3) is 0 Å². The summed E-state index contributed by atoms with van der Waals surface area (Å²) in [6, 6.07) is 4.03. The molecular weight excluding hydrogens is 501 g/mol. The maximum Gasteiger partial charge on any atom is 0.421 e. The van der Waals surface area contributed by atoms with Gasteiger partial charge < -0.3 is 25.6 Å². The molecule has 1 aliphatic carbocycles. The van der Waals surface area contributed by atoms with Gasteiger partial charge in [-0.3, -0.25) is 9.59 Å². The van der Waals surface area contributed by atoms with E-state index < -0.39 is 17.8 Å². The first-order valence-electron chi connectivity index (χ1n) is 12.8. The molecule has 2 aromatic rings. The van der Waals surface area contributed by atoms with Gasteiger partial charge in [0, 0.05) is 37.8 Å². The van der Waals surface area contributed by atoms with Crippen molar-refractivity contribution in [3.05, 3.63) is 35.5 Å². The minimum atomic E-state index is -4.68. The molecule has 0 aliphatic heterocycles. The molecule has 1 saturated carbocycles. The monoisotopic (exact) mass is 536 g/mol. The second-order valence-corrected chi connectivity index (χ2v) is 9.17. The first-order chi connectivity index (χ1) is 18.1. The molecule has 1 aliphatic rings. The number of methoxy groups -OCH3 is 1. The molecule has 12 heteroatoms. The topological polar surface area (TPSA) is 108 Å². The standard InChI is InChI=1S/C26H35F3N6O3/c1-5-13-35(16(3)36)21-10-8-7-9-19(21)32-23-18(26(27,28)29)15-31-25(34-23)33-20-12-11-17(14-22(20)38-4)24(37)30-6-2/h11-12,14-15,19,21H,5-10,13H2,1-4H3,(H,30,37)(H2,31,32,33,34)/t19-,21-/m1/s1. The minimum absolute atomic E-state index is 0.0751. The summed E-state index contributed by atoms with van der Waals surface area (Å²) in [6.45, 7) is 6.24. The van der Waals surface area contributed by atoms with Gasteiger partial charge in [-0.15, -0.1) is 0 Å². The van der Waals surface area contributed by atoms with Crippen molar-refractivity contribution >= 4 is 29.3 Å². The molecule has 0 radical (unpaired) electrons. The number of carbonyl (C=O) groups excluding carboxylic acids is 2. The third kappa shape index (κ3) is 7.05. The molecule has 0 saturated heterocycles. The van der Waals surface area contributed by atoms with Crippen LogP contribution in [0, 0.1) is 0 Å². The van der Waals surface area contributed by atoms with Crippen molar-refractivity contribution < 1.29 is 27.5 Å². The predicted molar refractivity (Wildman–Crippen MR) is 139 cm³/mol. The van der Waals surface area contributed by atoms with Gasteiger partial charge in [-0.2, -0.15) is 18.2 Å². The molecule has 1 fully saturated rings. The Hall–Kier alpha value is -3.57. The second-order valence-electron chi connectivity index (χ2n) is 9.17. The van der Waals surface area contributed by atoms with E-state index in [2.05, 4.69) is 25.9 Å². The molecule has 38 heavy (non-hydrogen) atoms. The lowest BCUT2D eigenvalue weighted by molar-refractivity contribution is -0.137. The smallest absolute Gasteiger partial charge is 0.421 e. The summed E-state index contributed by atoms with van der Waals surface area (Å²) < 4.78 is 47.1. The molecule has 2 atom stereocenters. The lowest BCUT2D eigenvalue weighted by atomic mass is 9.88. The number of hydrogen-bond donors (Lipinski definition) is 3. The van der Waals surface area contributed by atoms with Crippen LogP contribution in [0.2, 0.25) is 0 Å². The van der Waals surface area contributed by atoms with Crippen LogP contribution in [0.3, 0.4) is 0 Å². The average Bonchev–Trinajstić information content (AvgIpc) is 2.87. The Labute approximate surface area is 220 Å². The summed E-state index contributed by atoms with van der Waals surface area (Å²) in [5, 5.41) is 8.60. The zero-order chi connectivity index (χ0) is 27.9. The van der Waals surface area contributed by atoms with Crippen molar-refractivity contribution in [2.75, 3.05) is 30.8 Å². The SMILES string of the molecule is CCCN(C(C)=O)[C@@H]1CCCC[C@H]1Nc1nc(Nc2ccc(C(=O)NCC)cc2OC)ncc1C(F)(F)F. The van der Waals surface area contributed by atoms with Gasteiger partial charge in [0.1, 0.15) is 17.1 Å². The number of benzene rings is 1. The van der Waals surface area contributed by atoms with Crippen LogP contribution in [-0.4, -0.2) is 59.0 Å². The van der Waals surface area contributed by atoms with E-state index in [1.54, 1.807) is 24.0 Å². The number of amides is 2. The fourth-order valence-electron chi connectivity index (χ4n) is 4.70. The van der Waals surface area contributed by atoms with Crippen molar-refractivity contribution in [1.82, 2.24) is 20.2 Å². The third-order valence-electron chi connectivity index (χ3n) is 6.46. The maximum absolute atomic E-state index is 13.9.